The molecule has 1 N–H and O–H groups in total. The van der Waals surface area contributed by atoms with E-state index in [4.69, 9.17) is 9.47 Å². The second kappa shape index (κ2) is 8.00. The molecule has 6 rings (SSSR count). The fourth-order valence-electron chi connectivity index (χ4n) is 5.18. The molecule has 8 nitrogen and oxygen atoms in total. The molecule has 1 fully saturated rings. The van der Waals surface area contributed by atoms with E-state index in [1.807, 2.05) is 24.3 Å². The summed E-state index contributed by atoms with van der Waals surface area (Å²) in [5, 5.41) is 0. The zero-order valence-corrected chi connectivity index (χ0v) is 19.1. The Bertz CT molecular complexity index is 1470. The summed E-state index contributed by atoms with van der Waals surface area (Å²) < 4.78 is 14.2. The minimum absolute atomic E-state index is 0.235. The molecule has 0 radical (unpaired) electrons. The smallest absolute Gasteiger partial charge is 0.328 e. The molecule has 0 unspecified atom stereocenters. The van der Waals surface area contributed by atoms with E-state index >= 15 is 0 Å². The maximum atomic E-state index is 13.0. The molecule has 1 aromatic carbocycles. The highest BCUT2D eigenvalue weighted by Crippen LogP contribution is 2.43. The van der Waals surface area contributed by atoms with Crippen molar-refractivity contribution >= 4 is 31.8 Å². The first-order valence-electron chi connectivity index (χ1n) is 11.2. The maximum absolute atomic E-state index is 13.0. The fourth-order valence-corrected chi connectivity index (χ4v) is 6.24. The quantitative estimate of drug-likeness (QED) is 0.489. The number of pyridine rings is 1. The minimum atomic E-state index is -0.373. The van der Waals surface area contributed by atoms with E-state index in [1.54, 1.807) is 13.3 Å². The number of hydrogen-bond donors (Lipinski definition) is 1. The highest BCUT2D eigenvalue weighted by Gasteiger charge is 2.38. The van der Waals surface area contributed by atoms with Gasteiger partial charge < -0.3 is 19.4 Å². The van der Waals surface area contributed by atoms with Gasteiger partial charge in [0.05, 0.1) is 23.9 Å². The summed E-state index contributed by atoms with van der Waals surface area (Å²) in [7, 11) is 1.68. The number of benzene rings is 1. The van der Waals surface area contributed by atoms with Gasteiger partial charge in [-0.1, -0.05) is 0 Å². The first-order valence-corrected chi connectivity index (χ1v) is 12.0. The SMILES string of the molecule is COc1ccc2c(c1)[C@@H]1CN(CCCn3c(=O)[nH]c4c(sc5cccnc54)c3=O)C[C@@H]1CO2. The number of rotatable bonds is 5. The van der Waals surface area contributed by atoms with Crippen LogP contribution in [0.4, 0.5) is 0 Å². The monoisotopic (exact) mass is 464 g/mol. The van der Waals surface area contributed by atoms with Crippen LogP contribution in [0.2, 0.25) is 0 Å². The molecular weight excluding hydrogens is 440 g/mol. The van der Waals surface area contributed by atoms with Crippen molar-refractivity contribution in [2.75, 3.05) is 33.4 Å². The van der Waals surface area contributed by atoms with Gasteiger partial charge in [0, 0.05) is 43.2 Å². The fraction of sp³-hybridized carbons (Fsp3) is 0.375. The van der Waals surface area contributed by atoms with Gasteiger partial charge in [0.2, 0.25) is 0 Å². The molecule has 170 valence electrons. The largest absolute Gasteiger partial charge is 0.497 e. The Balaban J connectivity index is 1.18. The summed E-state index contributed by atoms with van der Waals surface area (Å²) in [6.07, 6.45) is 2.40. The third-order valence-corrected chi connectivity index (χ3v) is 7.94. The van der Waals surface area contributed by atoms with Crippen LogP contribution in [0.3, 0.4) is 0 Å². The van der Waals surface area contributed by atoms with Crippen LogP contribution in [0.1, 0.15) is 17.9 Å². The number of ether oxygens (including phenoxy) is 2. The lowest BCUT2D eigenvalue weighted by atomic mass is 9.87. The number of thiophene rings is 1. The lowest BCUT2D eigenvalue weighted by Crippen LogP contribution is -2.35. The summed E-state index contributed by atoms with van der Waals surface area (Å²) >= 11 is 1.38. The minimum Gasteiger partial charge on any atom is -0.497 e. The van der Waals surface area contributed by atoms with Gasteiger partial charge in [-0.25, -0.2) is 4.79 Å². The van der Waals surface area contributed by atoms with Crippen molar-refractivity contribution in [2.45, 2.75) is 18.9 Å². The van der Waals surface area contributed by atoms with Crippen molar-refractivity contribution in [2.24, 2.45) is 5.92 Å². The number of hydrogen-bond acceptors (Lipinski definition) is 7. The van der Waals surface area contributed by atoms with E-state index in [9.17, 15) is 9.59 Å². The van der Waals surface area contributed by atoms with Gasteiger partial charge in [0.15, 0.2) is 0 Å². The summed E-state index contributed by atoms with van der Waals surface area (Å²) in [6.45, 7) is 3.83. The van der Waals surface area contributed by atoms with Gasteiger partial charge in [0.1, 0.15) is 21.7 Å². The normalized spacial score (nSPS) is 20.0. The Morgan fingerprint density at radius 3 is 3.03 bits per heavy atom. The summed E-state index contributed by atoms with van der Waals surface area (Å²) in [5.41, 5.74) is 1.82. The first-order chi connectivity index (χ1) is 16.1. The highest BCUT2D eigenvalue weighted by atomic mass is 32.1. The first kappa shape index (κ1) is 20.4. The number of H-pyrrole nitrogens is 1. The van der Waals surface area contributed by atoms with E-state index in [-0.39, 0.29) is 11.2 Å². The number of methoxy groups -OCH3 is 1. The van der Waals surface area contributed by atoms with Crippen molar-refractivity contribution in [1.29, 1.82) is 0 Å². The topological polar surface area (TPSA) is 89.5 Å². The van der Waals surface area contributed by atoms with E-state index in [2.05, 4.69) is 20.9 Å². The molecule has 1 saturated heterocycles. The molecule has 9 heteroatoms. The predicted octanol–water partition coefficient (Wildman–Crippen LogP) is 2.81. The molecule has 0 aliphatic carbocycles. The van der Waals surface area contributed by atoms with Gasteiger partial charge in [-0.2, -0.15) is 0 Å². The van der Waals surface area contributed by atoms with Gasteiger partial charge in [-0.3, -0.25) is 14.3 Å². The number of fused-ring (bicyclic) bond motifs is 6. The summed E-state index contributed by atoms with van der Waals surface area (Å²) in [6, 6.07) is 9.76. The molecule has 4 aromatic rings. The van der Waals surface area contributed by atoms with E-state index in [0.29, 0.717) is 34.1 Å². The third kappa shape index (κ3) is 3.43. The summed E-state index contributed by atoms with van der Waals surface area (Å²) in [5.74, 6) is 2.65. The van der Waals surface area contributed by atoms with Gasteiger partial charge in [0.25, 0.3) is 5.56 Å². The van der Waals surface area contributed by atoms with E-state index < -0.39 is 0 Å². The average molecular weight is 465 g/mol. The van der Waals surface area contributed by atoms with Crippen molar-refractivity contribution < 1.29 is 9.47 Å². The van der Waals surface area contributed by atoms with Crippen LogP contribution in [-0.4, -0.2) is 52.8 Å². The van der Waals surface area contributed by atoms with Crippen LogP contribution in [0.5, 0.6) is 11.5 Å². The maximum Gasteiger partial charge on any atom is 0.328 e. The number of aromatic nitrogens is 3. The zero-order valence-electron chi connectivity index (χ0n) is 18.2. The molecule has 0 spiro atoms. The second-order valence-corrected chi connectivity index (χ2v) is 9.79. The van der Waals surface area contributed by atoms with E-state index in [1.165, 1.54) is 21.5 Å². The van der Waals surface area contributed by atoms with Crippen LogP contribution < -0.4 is 20.7 Å². The molecule has 5 heterocycles. The molecule has 2 aliphatic heterocycles. The van der Waals surface area contributed by atoms with Gasteiger partial charge in [-0.15, -0.1) is 11.3 Å². The molecule has 33 heavy (non-hydrogen) atoms. The standard InChI is InChI=1S/C24H24N4O4S/c1-31-15-5-6-18-16(10-15)17-12-27(11-14(17)13-32-18)8-3-9-28-23(29)22-21(26-24(28)30)20-19(33-22)4-2-7-25-20/h2,4-7,10,14,17H,3,8-9,11-13H2,1H3,(H,26,30)/t14-,17-/m1/s1. The number of likely N-dealkylation sites (tertiary alicyclic amines) is 1. The van der Waals surface area contributed by atoms with Crippen LogP contribution in [0, 0.1) is 5.92 Å². The van der Waals surface area contributed by atoms with Crippen molar-refractivity contribution in [3.8, 4) is 11.5 Å². The molecule has 0 amide bonds. The highest BCUT2D eigenvalue weighted by molar-refractivity contribution is 7.25. The molecule has 0 saturated carbocycles. The van der Waals surface area contributed by atoms with Gasteiger partial charge >= 0.3 is 5.69 Å². The molecule has 2 aliphatic rings. The molecule has 2 atom stereocenters. The van der Waals surface area contributed by atoms with Crippen molar-refractivity contribution in [1.82, 2.24) is 19.4 Å². The van der Waals surface area contributed by atoms with Crippen molar-refractivity contribution in [3.63, 3.8) is 0 Å². The number of aromatic amines is 1. The Hall–Kier alpha value is -3.17. The van der Waals surface area contributed by atoms with Crippen LogP contribution >= 0.6 is 11.3 Å². The third-order valence-electron chi connectivity index (χ3n) is 6.81. The predicted molar refractivity (Wildman–Crippen MR) is 128 cm³/mol. The van der Waals surface area contributed by atoms with Crippen molar-refractivity contribution in [3.05, 3.63) is 62.9 Å². The molecular formula is C24H24N4O4S. The Morgan fingerprint density at radius 2 is 2.15 bits per heavy atom. The van der Waals surface area contributed by atoms with E-state index in [0.717, 1.165) is 48.9 Å². The van der Waals surface area contributed by atoms with Crippen LogP contribution in [0.15, 0.2) is 46.1 Å². The van der Waals surface area contributed by atoms with Gasteiger partial charge in [-0.05, 0) is 43.3 Å². The summed E-state index contributed by atoms with van der Waals surface area (Å²) in [4.78, 5) is 35.3. The molecule has 3 aromatic heterocycles. The Labute approximate surface area is 193 Å². The lowest BCUT2D eigenvalue weighted by Gasteiger charge is -2.28. The Kier molecular flexibility index (Phi) is 4.95. The lowest BCUT2D eigenvalue weighted by molar-refractivity contribution is 0.211. The number of nitrogens with one attached hydrogen (secondary N) is 1. The zero-order chi connectivity index (χ0) is 22.5. The van der Waals surface area contributed by atoms with Crippen LogP contribution in [0.25, 0.3) is 20.4 Å². The van der Waals surface area contributed by atoms with Crippen LogP contribution in [-0.2, 0) is 6.54 Å². The number of nitrogens with zero attached hydrogens (tertiary/aromatic N) is 3. The average Bonchev–Trinajstić information content (AvgIpc) is 3.42. The Morgan fingerprint density at radius 1 is 1.24 bits per heavy atom. The second-order valence-electron chi connectivity index (χ2n) is 8.74. The molecule has 0 bridgehead atoms.